The molecule has 1 heterocycles. The van der Waals surface area contributed by atoms with Crippen LogP contribution in [0.2, 0.25) is 0 Å². The Morgan fingerprint density at radius 2 is 2.19 bits per heavy atom. The van der Waals surface area contributed by atoms with E-state index in [1.54, 1.807) is 20.0 Å². The normalized spacial score (nSPS) is 13.5. The van der Waals surface area contributed by atoms with Crippen LogP contribution in [0, 0.1) is 12.7 Å². The summed E-state index contributed by atoms with van der Waals surface area (Å²) in [4.78, 5) is 11.8. The molecule has 0 saturated heterocycles. The monoisotopic (exact) mass is 376 g/mol. The first-order valence-electron chi connectivity index (χ1n) is 8.19. The van der Waals surface area contributed by atoms with Gasteiger partial charge in [-0.1, -0.05) is 24.8 Å². The second kappa shape index (κ2) is 9.15. The van der Waals surface area contributed by atoms with E-state index in [1.165, 1.54) is 29.0 Å². The van der Waals surface area contributed by atoms with Crippen LogP contribution in [-0.2, 0) is 11.8 Å². The van der Waals surface area contributed by atoms with E-state index in [4.69, 9.17) is 4.74 Å². The fourth-order valence-electron chi connectivity index (χ4n) is 2.29. The van der Waals surface area contributed by atoms with Crippen molar-refractivity contribution in [3.63, 3.8) is 0 Å². The highest BCUT2D eigenvalue weighted by Gasteiger charge is 2.17. The molecule has 0 fully saturated rings. The molecule has 2 unspecified atom stereocenters. The molecule has 1 aromatic heterocycles. The van der Waals surface area contributed by atoms with Crippen molar-refractivity contribution in [1.29, 1.82) is 0 Å². The highest BCUT2D eigenvalue weighted by atomic mass is 19.1. The van der Waals surface area contributed by atoms with Crippen LogP contribution in [-0.4, -0.2) is 48.6 Å². The van der Waals surface area contributed by atoms with E-state index in [9.17, 15) is 19.4 Å². The maximum absolute atomic E-state index is 13.7. The quantitative estimate of drug-likeness (QED) is 0.406. The van der Waals surface area contributed by atoms with E-state index in [1.807, 2.05) is 0 Å². The number of aromatic nitrogens is 4. The molecule has 2 atom stereocenters. The number of aliphatic hydroxyl groups is 2. The van der Waals surface area contributed by atoms with E-state index >= 15 is 0 Å². The van der Waals surface area contributed by atoms with Crippen LogP contribution in [0.3, 0.4) is 0 Å². The Labute approximate surface area is 155 Å². The Morgan fingerprint density at radius 1 is 1.44 bits per heavy atom. The molecule has 2 aromatic rings. The Hall–Kier alpha value is -2.91. The summed E-state index contributed by atoms with van der Waals surface area (Å²) in [6.45, 7) is 5.50. The van der Waals surface area contributed by atoms with Crippen LogP contribution in [0.4, 0.5) is 4.39 Å². The third-order valence-electron chi connectivity index (χ3n) is 3.65. The molecular weight excluding hydrogens is 355 g/mol. The van der Waals surface area contributed by atoms with Crippen molar-refractivity contribution in [3.8, 4) is 5.75 Å². The zero-order valence-electron chi connectivity index (χ0n) is 15.0. The fourth-order valence-corrected chi connectivity index (χ4v) is 2.29. The van der Waals surface area contributed by atoms with Gasteiger partial charge >= 0.3 is 5.97 Å². The van der Waals surface area contributed by atoms with Gasteiger partial charge < -0.3 is 14.9 Å². The van der Waals surface area contributed by atoms with E-state index < -0.39 is 24.0 Å². The van der Waals surface area contributed by atoms with Crippen LogP contribution in [0.1, 0.15) is 24.2 Å². The number of carbonyl (C=O) groups excluding carboxylic acids is 1. The number of carbonyl (C=O) groups is 1. The maximum Gasteiger partial charge on any atom is 0.313 e. The number of allylic oxidation sites excluding steroid dienone is 2. The molecular formula is C18H21FN4O4. The summed E-state index contributed by atoms with van der Waals surface area (Å²) < 4.78 is 20.0. The minimum absolute atomic E-state index is 0.105. The average Bonchev–Trinajstić information content (AvgIpc) is 3.01. The van der Waals surface area contributed by atoms with Crippen LogP contribution in [0.25, 0.3) is 5.57 Å². The van der Waals surface area contributed by atoms with Gasteiger partial charge in [-0.2, -0.15) is 0 Å². The number of nitrogens with zero attached hydrogens (tertiary/aromatic N) is 4. The summed E-state index contributed by atoms with van der Waals surface area (Å²) in [5.41, 5.74) is 1.17. The van der Waals surface area contributed by atoms with E-state index in [0.29, 0.717) is 17.0 Å². The molecule has 0 spiro atoms. The topological polar surface area (TPSA) is 110 Å². The van der Waals surface area contributed by atoms with Crippen molar-refractivity contribution in [3.05, 3.63) is 54.1 Å². The molecule has 0 saturated carbocycles. The lowest BCUT2D eigenvalue weighted by atomic mass is 10.1. The van der Waals surface area contributed by atoms with Gasteiger partial charge in [-0.05, 0) is 35.0 Å². The van der Waals surface area contributed by atoms with Crippen LogP contribution in [0.15, 0.2) is 36.9 Å². The summed E-state index contributed by atoms with van der Waals surface area (Å²) in [7, 11) is 1.65. The second-order valence-electron chi connectivity index (χ2n) is 6.08. The minimum atomic E-state index is -1.16. The molecule has 9 heteroatoms. The molecule has 2 rings (SSSR count). The van der Waals surface area contributed by atoms with Crippen molar-refractivity contribution < 1.29 is 24.1 Å². The molecule has 0 aliphatic heterocycles. The predicted molar refractivity (Wildman–Crippen MR) is 95.0 cm³/mol. The molecule has 27 heavy (non-hydrogen) atoms. The lowest BCUT2D eigenvalue weighted by molar-refractivity contribution is -0.137. The lowest BCUT2D eigenvalue weighted by Crippen LogP contribution is -2.22. The summed E-state index contributed by atoms with van der Waals surface area (Å²) >= 11 is 0. The molecule has 144 valence electrons. The number of hydrogen-bond donors (Lipinski definition) is 2. The first kappa shape index (κ1) is 20.4. The van der Waals surface area contributed by atoms with Crippen LogP contribution in [0.5, 0.6) is 5.75 Å². The summed E-state index contributed by atoms with van der Waals surface area (Å²) in [6.07, 6.45) is 0.254. The van der Waals surface area contributed by atoms with Gasteiger partial charge in [0.05, 0.1) is 18.6 Å². The predicted octanol–water partition coefficient (Wildman–Crippen LogP) is 1.33. The summed E-state index contributed by atoms with van der Waals surface area (Å²) in [5.74, 6) is -1.22. The molecule has 1 aromatic carbocycles. The van der Waals surface area contributed by atoms with Gasteiger partial charge in [0.1, 0.15) is 0 Å². The van der Waals surface area contributed by atoms with Crippen molar-refractivity contribution in [2.75, 3.05) is 0 Å². The number of esters is 1. The molecule has 8 nitrogen and oxygen atoms in total. The lowest BCUT2D eigenvalue weighted by Gasteiger charge is -2.13. The van der Waals surface area contributed by atoms with Gasteiger partial charge in [0.25, 0.3) is 0 Å². The third kappa shape index (κ3) is 6.08. The Balaban J connectivity index is 1.82. The van der Waals surface area contributed by atoms with Crippen LogP contribution >= 0.6 is 0 Å². The highest BCUT2D eigenvalue weighted by Crippen LogP contribution is 2.19. The van der Waals surface area contributed by atoms with E-state index in [0.717, 1.165) is 0 Å². The third-order valence-corrected chi connectivity index (χ3v) is 3.65. The summed E-state index contributed by atoms with van der Waals surface area (Å²) in [6, 6.07) is 4.20. The number of halogens is 1. The van der Waals surface area contributed by atoms with Gasteiger partial charge in [0.2, 0.25) is 0 Å². The van der Waals surface area contributed by atoms with Gasteiger partial charge in [-0.25, -0.2) is 9.07 Å². The zero-order valence-corrected chi connectivity index (χ0v) is 15.0. The van der Waals surface area contributed by atoms with Crippen LogP contribution < -0.4 is 4.74 Å². The van der Waals surface area contributed by atoms with Crippen molar-refractivity contribution in [2.45, 2.75) is 32.0 Å². The number of aliphatic hydroxyl groups excluding tert-OH is 2. The highest BCUT2D eigenvalue weighted by molar-refractivity contribution is 5.73. The van der Waals surface area contributed by atoms with Crippen molar-refractivity contribution in [1.82, 2.24) is 20.2 Å². The number of hydrogen-bond acceptors (Lipinski definition) is 7. The zero-order chi connectivity index (χ0) is 20.0. The number of aryl methyl sites for hydroxylation is 2. The van der Waals surface area contributed by atoms with Gasteiger partial charge in [0, 0.05) is 19.0 Å². The first-order chi connectivity index (χ1) is 12.8. The van der Waals surface area contributed by atoms with Gasteiger partial charge in [-0.3, -0.25) is 4.79 Å². The maximum atomic E-state index is 13.7. The average molecular weight is 376 g/mol. The second-order valence-corrected chi connectivity index (χ2v) is 6.08. The molecule has 2 N–H and O–H groups in total. The van der Waals surface area contributed by atoms with Gasteiger partial charge in [-0.15, -0.1) is 5.10 Å². The summed E-state index contributed by atoms with van der Waals surface area (Å²) in [5, 5.41) is 30.8. The molecule has 0 amide bonds. The smallest absolute Gasteiger partial charge is 0.313 e. The Morgan fingerprint density at radius 3 is 2.81 bits per heavy atom. The number of rotatable bonds is 8. The minimum Gasteiger partial charge on any atom is -0.423 e. The van der Waals surface area contributed by atoms with E-state index in [2.05, 4.69) is 22.1 Å². The standard InChI is InChI=1S/C18H21FN4O4/c1-11-4-7-16(15(19)8-11)27-17(26)10-14(25)9-13(24)6-5-12(2)18-20-21-22-23(18)3/h4-8,13-14,24-25H,2,9-10H2,1,3H3. The first-order valence-corrected chi connectivity index (χ1v) is 8.19. The largest absolute Gasteiger partial charge is 0.423 e. The van der Waals surface area contributed by atoms with Gasteiger partial charge in [0.15, 0.2) is 17.4 Å². The van der Waals surface area contributed by atoms with Crippen molar-refractivity contribution >= 4 is 11.5 Å². The Kier molecular flexibility index (Phi) is 6.91. The number of benzene rings is 1. The molecule has 0 bridgehead atoms. The molecule has 0 radical (unpaired) electrons. The van der Waals surface area contributed by atoms with E-state index in [-0.39, 0.29) is 18.6 Å². The Bertz CT molecular complexity index is 850. The SMILES string of the molecule is C=C(C=CC(O)CC(O)CC(=O)Oc1ccc(C)cc1F)c1nnnn1C. The molecule has 0 aliphatic rings. The van der Waals surface area contributed by atoms with Crippen molar-refractivity contribution in [2.24, 2.45) is 7.05 Å². The number of ether oxygens (including phenoxy) is 1. The molecule has 0 aliphatic carbocycles. The number of tetrazole rings is 1. The fraction of sp³-hybridized carbons (Fsp3) is 0.333.